The molecule has 1 saturated heterocycles. The molecule has 3 aromatic rings. The molecule has 0 radical (unpaired) electrons. The molecule has 2 N–H and O–H groups in total. The summed E-state index contributed by atoms with van der Waals surface area (Å²) in [6.07, 6.45) is 1.35. The molecule has 3 aromatic carbocycles. The highest BCUT2D eigenvalue weighted by molar-refractivity contribution is 6.42. The number of ether oxygens (including phenoxy) is 1. The minimum Gasteiger partial charge on any atom is -0.484 e. The van der Waals surface area contributed by atoms with Crippen molar-refractivity contribution in [3.05, 3.63) is 92.9 Å². The lowest BCUT2D eigenvalue weighted by atomic mass is 10.1. The number of nitrogens with one attached hydrogen (secondary N) is 2. The predicted molar refractivity (Wildman–Crippen MR) is 137 cm³/mol. The average molecular weight is 545 g/mol. The van der Waals surface area contributed by atoms with E-state index in [1.807, 2.05) is 0 Å². The second kappa shape index (κ2) is 10.8. The number of anilines is 2. The quantitative estimate of drug-likeness (QED) is 0.322. The zero-order valence-electron chi connectivity index (χ0n) is 18.3. The van der Waals surface area contributed by atoms with E-state index in [9.17, 15) is 19.2 Å². The maximum absolute atomic E-state index is 12.9. The van der Waals surface area contributed by atoms with Crippen molar-refractivity contribution in [1.29, 1.82) is 0 Å². The first-order valence-electron chi connectivity index (χ1n) is 10.4. The number of hydrogen-bond acceptors (Lipinski definition) is 5. The number of carbonyl (C=O) groups excluding carboxylic acids is 4. The van der Waals surface area contributed by atoms with Gasteiger partial charge in [0.25, 0.3) is 17.7 Å². The monoisotopic (exact) mass is 543 g/mol. The van der Waals surface area contributed by atoms with Crippen LogP contribution in [0.1, 0.15) is 5.56 Å². The Morgan fingerprint density at radius 2 is 1.61 bits per heavy atom. The van der Waals surface area contributed by atoms with Gasteiger partial charge in [-0.25, -0.2) is 9.69 Å². The van der Waals surface area contributed by atoms with Crippen molar-refractivity contribution < 1.29 is 23.9 Å². The van der Waals surface area contributed by atoms with E-state index in [1.165, 1.54) is 36.4 Å². The van der Waals surface area contributed by atoms with E-state index < -0.39 is 23.8 Å². The standard InChI is InChI=1S/C25H16Cl3N3O5/c26-15-3-6-17(7-4-15)31-24(34)19(23(33)30-25(31)35)11-14-1-8-18(9-2-14)36-13-22(32)29-16-5-10-20(27)21(28)12-16/h1-12H,13H2,(H,29,32)(H,30,33,35)/b19-11-. The summed E-state index contributed by atoms with van der Waals surface area (Å²) in [4.78, 5) is 50.5. The highest BCUT2D eigenvalue weighted by Gasteiger charge is 2.36. The molecule has 1 heterocycles. The Bertz CT molecular complexity index is 1390. The van der Waals surface area contributed by atoms with Crippen LogP contribution < -0.4 is 20.3 Å². The molecule has 0 saturated carbocycles. The second-order valence-corrected chi connectivity index (χ2v) is 8.72. The van der Waals surface area contributed by atoms with Gasteiger partial charge in [-0.2, -0.15) is 0 Å². The lowest BCUT2D eigenvalue weighted by Gasteiger charge is -2.26. The van der Waals surface area contributed by atoms with Gasteiger partial charge in [0.1, 0.15) is 11.3 Å². The predicted octanol–water partition coefficient (Wildman–Crippen LogP) is 5.33. The Kier molecular flexibility index (Phi) is 7.59. The molecule has 0 aliphatic carbocycles. The average Bonchev–Trinajstić information content (AvgIpc) is 2.84. The molecule has 0 spiro atoms. The number of benzene rings is 3. The molecule has 1 aliphatic rings. The minimum atomic E-state index is -0.854. The molecular formula is C25H16Cl3N3O5. The largest absolute Gasteiger partial charge is 0.484 e. The third-order valence-electron chi connectivity index (χ3n) is 4.95. The first-order valence-corrected chi connectivity index (χ1v) is 11.5. The Labute approximate surface area is 220 Å². The van der Waals surface area contributed by atoms with Crippen molar-refractivity contribution in [1.82, 2.24) is 5.32 Å². The van der Waals surface area contributed by atoms with E-state index in [-0.39, 0.29) is 17.9 Å². The van der Waals surface area contributed by atoms with Crippen molar-refractivity contribution in [2.45, 2.75) is 0 Å². The third-order valence-corrected chi connectivity index (χ3v) is 5.94. The molecule has 0 unspecified atom stereocenters. The fourth-order valence-corrected chi connectivity index (χ4v) is 3.65. The van der Waals surface area contributed by atoms with Gasteiger partial charge in [0, 0.05) is 10.7 Å². The number of carbonyl (C=O) groups is 4. The highest BCUT2D eigenvalue weighted by Crippen LogP contribution is 2.26. The van der Waals surface area contributed by atoms with Crippen LogP contribution in [0.2, 0.25) is 15.1 Å². The lowest BCUT2D eigenvalue weighted by Crippen LogP contribution is -2.54. The summed E-state index contributed by atoms with van der Waals surface area (Å²) in [7, 11) is 0. The first-order chi connectivity index (χ1) is 17.2. The summed E-state index contributed by atoms with van der Waals surface area (Å²) in [6, 6.07) is 16.2. The number of barbiturate groups is 1. The molecule has 4 rings (SSSR count). The number of urea groups is 1. The van der Waals surface area contributed by atoms with Gasteiger partial charge in [-0.3, -0.25) is 19.7 Å². The van der Waals surface area contributed by atoms with Crippen LogP contribution in [0.5, 0.6) is 5.75 Å². The van der Waals surface area contributed by atoms with Crippen molar-refractivity contribution in [3.8, 4) is 5.75 Å². The highest BCUT2D eigenvalue weighted by atomic mass is 35.5. The van der Waals surface area contributed by atoms with E-state index in [0.29, 0.717) is 32.1 Å². The SMILES string of the molecule is O=C(COc1ccc(/C=C2/C(=O)NC(=O)N(c3ccc(Cl)cc3)C2=O)cc1)Nc1ccc(Cl)c(Cl)c1. The van der Waals surface area contributed by atoms with Gasteiger partial charge in [0.2, 0.25) is 0 Å². The van der Waals surface area contributed by atoms with Gasteiger partial charge in [0.05, 0.1) is 15.7 Å². The minimum absolute atomic E-state index is 0.223. The second-order valence-electron chi connectivity index (χ2n) is 7.47. The van der Waals surface area contributed by atoms with Crippen LogP contribution in [-0.2, 0) is 14.4 Å². The van der Waals surface area contributed by atoms with Crippen molar-refractivity contribution >= 4 is 76.0 Å². The Morgan fingerprint density at radius 3 is 2.28 bits per heavy atom. The van der Waals surface area contributed by atoms with Crippen LogP contribution in [0.4, 0.5) is 16.2 Å². The van der Waals surface area contributed by atoms with Gasteiger partial charge in [-0.1, -0.05) is 46.9 Å². The third kappa shape index (κ3) is 5.85. The summed E-state index contributed by atoms with van der Waals surface area (Å²) in [5.74, 6) is -1.60. The molecule has 36 heavy (non-hydrogen) atoms. The summed E-state index contributed by atoms with van der Waals surface area (Å²) < 4.78 is 5.48. The van der Waals surface area contributed by atoms with Crippen LogP contribution in [0.3, 0.4) is 0 Å². The van der Waals surface area contributed by atoms with Gasteiger partial charge in [-0.05, 0) is 66.2 Å². The van der Waals surface area contributed by atoms with Crippen molar-refractivity contribution in [3.63, 3.8) is 0 Å². The Balaban J connectivity index is 1.42. The van der Waals surface area contributed by atoms with Crippen LogP contribution in [-0.4, -0.2) is 30.4 Å². The molecular weight excluding hydrogens is 529 g/mol. The van der Waals surface area contributed by atoms with E-state index in [4.69, 9.17) is 39.5 Å². The molecule has 0 atom stereocenters. The van der Waals surface area contributed by atoms with Crippen LogP contribution in [0.25, 0.3) is 6.08 Å². The molecule has 1 aliphatic heterocycles. The summed E-state index contributed by atoms with van der Waals surface area (Å²) >= 11 is 17.7. The Morgan fingerprint density at radius 1 is 0.917 bits per heavy atom. The number of halogens is 3. The van der Waals surface area contributed by atoms with E-state index in [1.54, 1.807) is 36.4 Å². The van der Waals surface area contributed by atoms with Gasteiger partial charge in [0.15, 0.2) is 6.61 Å². The fraction of sp³-hybridized carbons (Fsp3) is 0.0400. The van der Waals surface area contributed by atoms with Gasteiger partial charge >= 0.3 is 6.03 Å². The molecule has 8 nitrogen and oxygen atoms in total. The zero-order valence-corrected chi connectivity index (χ0v) is 20.5. The van der Waals surface area contributed by atoms with E-state index >= 15 is 0 Å². The maximum Gasteiger partial charge on any atom is 0.335 e. The van der Waals surface area contributed by atoms with E-state index in [2.05, 4.69) is 10.6 Å². The molecule has 5 amide bonds. The molecule has 0 aromatic heterocycles. The number of hydrogen-bond donors (Lipinski definition) is 2. The zero-order chi connectivity index (χ0) is 25.8. The van der Waals surface area contributed by atoms with Gasteiger partial charge in [-0.15, -0.1) is 0 Å². The van der Waals surface area contributed by atoms with E-state index in [0.717, 1.165) is 4.90 Å². The number of rotatable bonds is 6. The number of nitrogens with zero attached hydrogens (tertiary/aromatic N) is 1. The molecule has 0 bridgehead atoms. The lowest BCUT2D eigenvalue weighted by molar-refractivity contribution is -0.122. The number of imide groups is 2. The molecule has 182 valence electrons. The summed E-state index contributed by atoms with van der Waals surface area (Å²) in [6.45, 7) is -0.264. The number of amides is 5. The summed E-state index contributed by atoms with van der Waals surface area (Å²) in [5, 5.41) is 5.92. The fourth-order valence-electron chi connectivity index (χ4n) is 3.23. The first kappa shape index (κ1) is 25.2. The van der Waals surface area contributed by atoms with Crippen molar-refractivity contribution in [2.75, 3.05) is 16.8 Å². The van der Waals surface area contributed by atoms with Crippen LogP contribution in [0.15, 0.2) is 72.3 Å². The summed E-state index contributed by atoms with van der Waals surface area (Å²) in [5.41, 5.74) is 1.02. The van der Waals surface area contributed by atoms with Crippen LogP contribution in [0, 0.1) is 0 Å². The molecule has 11 heteroatoms. The topological polar surface area (TPSA) is 105 Å². The van der Waals surface area contributed by atoms with Crippen molar-refractivity contribution in [2.24, 2.45) is 0 Å². The normalized spacial score (nSPS) is 14.6. The molecule has 1 fully saturated rings. The maximum atomic E-state index is 12.9. The van der Waals surface area contributed by atoms with Gasteiger partial charge < -0.3 is 10.1 Å². The Hall–Kier alpha value is -3.85. The smallest absolute Gasteiger partial charge is 0.335 e. The van der Waals surface area contributed by atoms with Crippen LogP contribution >= 0.6 is 34.8 Å².